The average Bonchev–Trinajstić information content (AvgIpc) is 2.82. The fraction of sp³-hybridized carbons (Fsp3) is 0.308. The molecule has 118 valence electrons. The van der Waals surface area contributed by atoms with Crippen LogP contribution in [0.2, 0.25) is 0 Å². The summed E-state index contributed by atoms with van der Waals surface area (Å²) in [6, 6.07) is 4.28. The molecule has 9 heteroatoms. The van der Waals surface area contributed by atoms with Crippen molar-refractivity contribution in [3.63, 3.8) is 0 Å². The molecule has 22 heavy (non-hydrogen) atoms. The summed E-state index contributed by atoms with van der Waals surface area (Å²) >= 11 is 1.49. The Morgan fingerprint density at radius 3 is 2.59 bits per heavy atom. The van der Waals surface area contributed by atoms with Gasteiger partial charge in [-0.05, 0) is 19.1 Å². The van der Waals surface area contributed by atoms with Gasteiger partial charge in [0.25, 0.3) is 0 Å². The number of anilines is 1. The minimum Gasteiger partial charge on any atom is -0.363 e. The molecule has 7 nitrogen and oxygen atoms in total. The van der Waals surface area contributed by atoms with Crippen LogP contribution in [-0.4, -0.2) is 31.6 Å². The molecule has 2 aromatic rings. The Kier molecular flexibility index (Phi) is 4.47. The van der Waals surface area contributed by atoms with E-state index >= 15 is 0 Å². The van der Waals surface area contributed by atoms with Gasteiger partial charge in [-0.1, -0.05) is 6.07 Å². The lowest BCUT2D eigenvalue weighted by Crippen LogP contribution is -2.19. The lowest BCUT2D eigenvalue weighted by molar-refractivity contribution is -0.387. The van der Waals surface area contributed by atoms with E-state index in [1.54, 1.807) is 11.9 Å². The van der Waals surface area contributed by atoms with Gasteiger partial charge in [-0.15, -0.1) is 11.3 Å². The van der Waals surface area contributed by atoms with Gasteiger partial charge in [-0.3, -0.25) is 10.1 Å². The van der Waals surface area contributed by atoms with Crippen molar-refractivity contribution in [1.29, 1.82) is 0 Å². The highest BCUT2D eigenvalue weighted by molar-refractivity contribution is 7.90. The molecule has 0 bridgehead atoms. The molecular formula is C13H15N3O4S2. The quantitative estimate of drug-likeness (QED) is 0.612. The zero-order valence-corrected chi connectivity index (χ0v) is 13.9. The van der Waals surface area contributed by atoms with E-state index in [-0.39, 0.29) is 10.6 Å². The minimum absolute atomic E-state index is 0.249. The summed E-state index contributed by atoms with van der Waals surface area (Å²) in [5, 5.41) is 14.1. The summed E-state index contributed by atoms with van der Waals surface area (Å²) in [6.45, 7) is 2.24. The van der Waals surface area contributed by atoms with E-state index in [9.17, 15) is 18.5 Å². The second-order valence-corrected chi connectivity index (χ2v) is 7.91. The van der Waals surface area contributed by atoms with Gasteiger partial charge in [0.1, 0.15) is 10.6 Å². The van der Waals surface area contributed by atoms with E-state index < -0.39 is 20.4 Å². The normalized spacial score (nSPS) is 11.4. The number of nitrogens with zero attached hydrogens (tertiary/aromatic N) is 3. The first-order chi connectivity index (χ1) is 10.2. The van der Waals surface area contributed by atoms with E-state index in [4.69, 9.17) is 0 Å². The molecule has 0 atom stereocenters. The number of aromatic nitrogens is 1. The van der Waals surface area contributed by atoms with Gasteiger partial charge in [0, 0.05) is 18.7 Å². The van der Waals surface area contributed by atoms with E-state index in [2.05, 4.69) is 4.98 Å². The summed E-state index contributed by atoms with van der Waals surface area (Å²) in [5.74, 6) is 0. The Morgan fingerprint density at radius 1 is 1.41 bits per heavy atom. The number of sulfone groups is 1. The molecule has 0 aliphatic heterocycles. The Balaban J connectivity index is 2.48. The smallest absolute Gasteiger partial charge is 0.311 e. The molecular weight excluding hydrogens is 326 g/mol. The first kappa shape index (κ1) is 16.4. The van der Waals surface area contributed by atoms with E-state index in [1.165, 1.54) is 29.5 Å². The topological polar surface area (TPSA) is 93.4 Å². The maximum absolute atomic E-state index is 11.8. The number of hydrogen-bond acceptors (Lipinski definition) is 7. The summed E-state index contributed by atoms with van der Waals surface area (Å²) in [5.41, 5.74) is 0.627. The first-order valence-corrected chi connectivity index (χ1v) is 9.07. The van der Waals surface area contributed by atoms with Gasteiger partial charge >= 0.3 is 5.69 Å². The lowest BCUT2D eigenvalue weighted by Gasteiger charge is -2.18. The first-order valence-electron chi connectivity index (χ1n) is 6.29. The molecule has 0 aliphatic rings. The maximum atomic E-state index is 11.8. The molecule has 1 heterocycles. The Bertz CT molecular complexity index is 814. The highest BCUT2D eigenvalue weighted by Gasteiger charge is 2.27. The van der Waals surface area contributed by atoms with E-state index in [1.807, 2.05) is 12.3 Å². The molecule has 0 fully saturated rings. The predicted octanol–water partition coefficient (Wildman–Crippen LogP) is 2.40. The van der Waals surface area contributed by atoms with Crippen molar-refractivity contribution in [2.24, 2.45) is 0 Å². The number of hydrogen-bond donors (Lipinski definition) is 0. The fourth-order valence-electron chi connectivity index (χ4n) is 2.11. The van der Waals surface area contributed by atoms with Crippen molar-refractivity contribution in [2.45, 2.75) is 18.4 Å². The second kappa shape index (κ2) is 6.01. The number of rotatable bonds is 5. The Morgan fingerprint density at radius 2 is 2.09 bits per heavy atom. The summed E-state index contributed by atoms with van der Waals surface area (Å²) in [7, 11) is -2.02. The number of benzene rings is 1. The molecule has 0 amide bonds. The number of para-hydroxylation sites is 1. The van der Waals surface area contributed by atoms with Crippen LogP contribution in [0.15, 0.2) is 28.5 Å². The summed E-state index contributed by atoms with van der Waals surface area (Å²) < 4.78 is 23.5. The minimum atomic E-state index is -3.69. The van der Waals surface area contributed by atoms with Gasteiger partial charge in [0.05, 0.1) is 22.2 Å². The van der Waals surface area contributed by atoms with Gasteiger partial charge < -0.3 is 4.90 Å². The van der Waals surface area contributed by atoms with Crippen LogP contribution in [0.3, 0.4) is 0 Å². The van der Waals surface area contributed by atoms with Crippen molar-refractivity contribution >= 4 is 32.5 Å². The van der Waals surface area contributed by atoms with Crippen molar-refractivity contribution < 1.29 is 13.3 Å². The van der Waals surface area contributed by atoms with Crippen LogP contribution in [0.25, 0.3) is 0 Å². The molecule has 0 radical (unpaired) electrons. The number of nitro benzene ring substituents is 1. The largest absolute Gasteiger partial charge is 0.363 e. The van der Waals surface area contributed by atoms with Gasteiger partial charge in [0.15, 0.2) is 9.84 Å². The van der Waals surface area contributed by atoms with Gasteiger partial charge in [0.2, 0.25) is 0 Å². The molecule has 1 aromatic carbocycles. The SMILES string of the molecule is Cc1nc(CN(C)c2cccc(S(C)(=O)=O)c2[N+](=O)[O-])cs1. The third kappa shape index (κ3) is 3.42. The Hall–Kier alpha value is -2.00. The molecule has 0 aliphatic carbocycles. The third-order valence-corrected chi connectivity index (χ3v) is 4.99. The van der Waals surface area contributed by atoms with Crippen LogP contribution in [0, 0.1) is 17.0 Å². The third-order valence-electron chi connectivity index (χ3n) is 3.04. The van der Waals surface area contributed by atoms with Crippen LogP contribution in [0.4, 0.5) is 11.4 Å². The fourth-order valence-corrected chi connectivity index (χ4v) is 3.57. The average molecular weight is 341 g/mol. The zero-order valence-electron chi connectivity index (χ0n) is 12.3. The van der Waals surface area contributed by atoms with Crippen molar-refractivity contribution in [2.75, 3.05) is 18.2 Å². The standard InChI is InChI=1S/C13H15N3O4S2/c1-9-14-10(8-21-9)7-15(2)11-5-4-6-12(22(3,19)20)13(11)16(17)18/h4-6,8H,7H2,1-3H3. The van der Waals surface area contributed by atoms with Crippen LogP contribution in [-0.2, 0) is 16.4 Å². The highest BCUT2D eigenvalue weighted by Crippen LogP contribution is 2.34. The highest BCUT2D eigenvalue weighted by atomic mass is 32.2. The van der Waals surface area contributed by atoms with E-state index in [0.29, 0.717) is 6.54 Å². The second-order valence-electron chi connectivity index (χ2n) is 4.87. The monoisotopic (exact) mass is 341 g/mol. The molecule has 2 rings (SSSR count). The maximum Gasteiger partial charge on any atom is 0.311 e. The van der Waals surface area contributed by atoms with Crippen molar-refractivity contribution in [3.05, 3.63) is 44.4 Å². The molecule has 0 N–H and O–H groups in total. The van der Waals surface area contributed by atoms with Crippen LogP contribution >= 0.6 is 11.3 Å². The number of thiazole rings is 1. The molecule has 1 aromatic heterocycles. The van der Waals surface area contributed by atoms with E-state index in [0.717, 1.165) is 17.0 Å². The van der Waals surface area contributed by atoms with Crippen molar-refractivity contribution in [1.82, 2.24) is 4.98 Å². The van der Waals surface area contributed by atoms with Crippen LogP contribution in [0.1, 0.15) is 10.7 Å². The van der Waals surface area contributed by atoms with Crippen LogP contribution in [0.5, 0.6) is 0 Å². The molecule has 0 spiro atoms. The lowest BCUT2D eigenvalue weighted by atomic mass is 10.2. The Labute approximate surface area is 132 Å². The summed E-state index contributed by atoms with van der Waals surface area (Å²) in [6.07, 6.45) is 0.961. The van der Waals surface area contributed by atoms with Gasteiger partial charge in [-0.2, -0.15) is 0 Å². The van der Waals surface area contributed by atoms with Crippen molar-refractivity contribution in [3.8, 4) is 0 Å². The molecule has 0 saturated carbocycles. The summed E-state index contributed by atoms with van der Waals surface area (Å²) in [4.78, 5) is 16.3. The predicted molar refractivity (Wildman–Crippen MR) is 85.2 cm³/mol. The van der Waals surface area contributed by atoms with Gasteiger partial charge in [-0.25, -0.2) is 13.4 Å². The molecule has 0 unspecified atom stereocenters. The van der Waals surface area contributed by atoms with Crippen LogP contribution < -0.4 is 4.90 Å². The zero-order chi connectivity index (χ0) is 16.5. The number of aryl methyl sites for hydroxylation is 1. The number of nitro groups is 1. The molecule has 0 saturated heterocycles.